The zero-order valence-corrected chi connectivity index (χ0v) is 23.8. The summed E-state index contributed by atoms with van der Waals surface area (Å²) in [5, 5.41) is 4.57. The number of esters is 1. The molecular formula is C29H26Cl2N2O5S. The van der Waals surface area contributed by atoms with Gasteiger partial charge in [-0.05, 0) is 86.1 Å². The molecule has 4 aromatic rings. The van der Waals surface area contributed by atoms with Gasteiger partial charge in [0.1, 0.15) is 12.1 Å². The summed E-state index contributed by atoms with van der Waals surface area (Å²) in [6.07, 6.45) is 0. The highest BCUT2D eigenvalue weighted by atomic mass is 35.5. The van der Waals surface area contributed by atoms with Gasteiger partial charge in [-0.15, -0.1) is 0 Å². The minimum atomic E-state index is -4.29. The Bertz CT molecular complexity index is 1630. The molecule has 1 N–H and O–H groups in total. The first kappa shape index (κ1) is 28.4. The van der Waals surface area contributed by atoms with Crippen molar-refractivity contribution in [1.82, 2.24) is 0 Å². The van der Waals surface area contributed by atoms with Crippen molar-refractivity contribution in [1.29, 1.82) is 0 Å². The van der Waals surface area contributed by atoms with Crippen LogP contribution in [0.2, 0.25) is 10.0 Å². The molecule has 0 aliphatic rings. The molecule has 0 radical (unpaired) electrons. The van der Waals surface area contributed by atoms with Crippen LogP contribution in [-0.2, 0) is 19.6 Å². The molecule has 0 saturated carbocycles. The van der Waals surface area contributed by atoms with Crippen LogP contribution in [0.3, 0.4) is 0 Å². The Kier molecular flexibility index (Phi) is 8.20. The number of carbonyl (C=O) groups is 2. The average molecular weight is 586 g/mol. The maximum Gasteiger partial charge on any atom is 0.327 e. The summed E-state index contributed by atoms with van der Waals surface area (Å²) in [4.78, 5) is 25.3. The molecule has 0 spiro atoms. The highest BCUT2D eigenvalue weighted by Crippen LogP contribution is 2.31. The molecule has 0 fully saturated rings. The SMILES string of the molecule is CC(C)(C)OC(=O)CN(c1ccc2ccc(NC(=O)c3ccccc3)cc2c1)S(=O)(=O)c1cc(Cl)cc(Cl)c1. The summed E-state index contributed by atoms with van der Waals surface area (Å²) in [5.74, 6) is -1.01. The van der Waals surface area contributed by atoms with Gasteiger partial charge in [0.25, 0.3) is 15.9 Å². The molecule has 7 nitrogen and oxygen atoms in total. The highest BCUT2D eigenvalue weighted by Gasteiger charge is 2.30. The third kappa shape index (κ3) is 7.09. The number of nitrogens with one attached hydrogen (secondary N) is 1. The van der Waals surface area contributed by atoms with Gasteiger partial charge in [-0.1, -0.05) is 53.5 Å². The second kappa shape index (κ2) is 11.3. The fourth-order valence-corrected chi connectivity index (χ4v) is 6.00. The van der Waals surface area contributed by atoms with Crippen molar-refractivity contribution in [2.75, 3.05) is 16.2 Å². The maximum atomic E-state index is 13.8. The smallest absolute Gasteiger partial charge is 0.327 e. The van der Waals surface area contributed by atoms with Crippen molar-refractivity contribution in [2.24, 2.45) is 0 Å². The first-order valence-corrected chi connectivity index (χ1v) is 14.1. The average Bonchev–Trinajstić information content (AvgIpc) is 2.85. The molecule has 0 aromatic heterocycles. The Morgan fingerprint density at radius 2 is 1.49 bits per heavy atom. The first-order valence-electron chi connectivity index (χ1n) is 11.9. The molecule has 0 unspecified atom stereocenters. The fraction of sp³-hybridized carbons (Fsp3) is 0.172. The third-order valence-corrected chi connectivity index (χ3v) is 7.71. The topological polar surface area (TPSA) is 92.8 Å². The van der Waals surface area contributed by atoms with E-state index in [-0.39, 0.29) is 26.5 Å². The Labute approximate surface area is 237 Å². The van der Waals surface area contributed by atoms with Crippen LogP contribution in [0, 0.1) is 0 Å². The number of halogens is 2. The molecule has 4 rings (SSSR count). The third-order valence-electron chi connectivity index (χ3n) is 5.52. The van der Waals surface area contributed by atoms with Crippen LogP contribution in [0.25, 0.3) is 10.8 Å². The molecule has 4 aromatic carbocycles. The summed E-state index contributed by atoms with van der Waals surface area (Å²) in [7, 11) is -4.29. The lowest BCUT2D eigenvalue weighted by molar-refractivity contribution is -0.152. The van der Waals surface area contributed by atoms with E-state index in [1.54, 1.807) is 75.4 Å². The molecule has 0 saturated heterocycles. The van der Waals surface area contributed by atoms with Crippen molar-refractivity contribution in [2.45, 2.75) is 31.3 Å². The Hall–Kier alpha value is -3.59. The van der Waals surface area contributed by atoms with Crippen LogP contribution in [0.4, 0.5) is 11.4 Å². The normalized spacial score (nSPS) is 11.7. The van der Waals surface area contributed by atoms with Gasteiger partial charge in [-0.2, -0.15) is 0 Å². The number of sulfonamides is 1. The van der Waals surface area contributed by atoms with Gasteiger partial charge in [-0.25, -0.2) is 8.42 Å². The van der Waals surface area contributed by atoms with Crippen molar-refractivity contribution in [3.8, 4) is 0 Å². The number of nitrogens with zero attached hydrogens (tertiary/aromatic N) is 1. The van der Waals surface area contributed by atoms with Gasteiger partial charge in [-0.3, -0.25) is 13.9 Å². The van der Waals surface area contributed by atoms with Crippen molar-refractivity contribution in [3.05, 3.63) is 101 Å². The van der Waals surface area contributed by atoms with Gasteiger partial charge in [0.15, 0.2) is 0 Å². The quantitative estimate of drug-likeness (QED) is 0.237. The van der Waals surface area contributed by atoms with E-state index >= 15 is 0 Å². The Morgan fingerprint density at radius 1 is 0.846 bits per heavy atom. The zero-order chi connectivity index (χ0) is 28.4. The number of carbonyl (C=O) groups excluding carboxylic acids is 2. The van der Waals surface area contributed by atoms with Crippen LogP contribution in [0.1, 0.15) is 31.1 Å². The van der Waals surface area contributed by atoms with E-state index in [2.05, 4.69) is 5.32 Å². The number of anilines is 2. The number of benzene rings is 4. The van der Waals surface area contributed by atoms with E-state index in [0.717, 1.165) is 9.69 Å². The van der Waals surface area contributed by atoms with Crippen molar-refractivity contribution in [3.63, 3.8) is 0 Å². The van der Waals surface area contributed by atoms with Gasteiger partial charge in [0, 0.05) is 21.3 Å². The molecule has 0 atom stereocenters. The van der Waals surface area contributed by atoms with E-state index in [4.69, 9.17) is 27.9 Å². The number of amides is 1. The molecular weight excluding hydrogens is 559 g/mol. The van der Waals surface area contributed by atoms with Crippen LogP contribution < -0.4 is 9.62 Å². The van der Waals surface area contributed by atoms with Crippen LogP contribution in [0.5, 0.6) is 0 Å². The van der Waals surface area contributed by atoms with Gasteiger partial charge < -0.3 is 10.1 Å². The molecule has 10 heteroatoms. The standard InChI is InChI=1S/C29H26Cl2N2O5S/c1-29(2,3)38-27(34)18-33(39(36,37)26-16-22(30)15-23(31)17-26)25-12-10-19-9-11-24(13-21(19)14-25)32-28(35)20-7-5-4-6-8-20/h4-17H,18H2,1-3H3,(H,32,35). The molecule has 0 aliphatic heterocycles. The van der Waals surface area contributed by atoms with Crippen LogP contribution in [-0.4, -0.2) is 32.4 Å². The molecule has 202 valence electrons. The summed E-state index contributed by atoms with van der Waals surface area (Å²) in [6, 6.07) is 23.0. The molecule has 0 bridgehead atoms. The summed E-state index contributed by atoms with van der Waals surface area (Å²) in [5.41, 5.74) is 0.426. The van der Waals surface area contributed by atoms with E-state index in [1.807, 2.05) is 12.1 Å². The van der Waals surface area contributed by atoms with E-state index in [0.29, 0.717) is 16.6 Å². The number of fused-ring (bicyclic) bond motifs is 1. The second-order valence-corrected chi connectivity index (χ2v) is 12.5. The summed E-state index contributed by atoms with van der Waals surface area (Å²) in [6.45, 7) is 4.50. The Morgan fingerprint density at radius 3 is 2.13 bits per heavy atom. The maximum absolute atomic E-state index is 13.8. The number of rotatable bonds is 7. The predicted molar refractivity (Wildman–Crippen MR) is 155 cm³/mol. The number of hydrogen-bond donors (Lipinski definition) is 1. The lowest BCUT2D eigenvalue weighted by Gasteiger charge is -2.26. The highest BCUT2D eigenvalue weighted by molar-refractivity contribution is 7.92. The van der Waals surface area contributed by atoms with E-state index < -0.39 is 28.1 Å². The number of hydrogen-bond acceptors (Lipinski definition) is 5. The minimum absolute atomic E-state index is 0.135. The zero-order valence-electron chi connectivity index (χ0n) is 21.4. The van der Waals surface area contributed by atoms with Crippen LogP contribution >= 0.6 is 23.2 Å². The molecule has 1 amide bonds. The molecule has 39 heavy (non-hydrogen) atoms. The van der Waals surface area contributed by atoms with Crippen LogP contribution in [0.15, 0.2) is 89.8 Å². The predicted octanol–water partition coefficient (Wildman–Crippen LogP) is 6.94. The minimum Gasteiger partial charge on any atom is -0.459 e. The van der Waals surface area contributed by atoms with Gasteiger partial charge >= 0.3 is 5.97 Å². The van der Waals surface area contributed by atoms with Gasteiger partial charge in [0.2, 0.25) is 0 Å². The monoisotopic (exact) mass is 584 g/mol. The molecule has 0 aliphatic carbocycles. The summed E-state index contributed by atoms with van der Waals surface area (Å²) < 4.78 is 33.9. The lowest BCUT2D eigenvalue weighted by Crippen LogP contribution is -2.39. The van der Waals surface area contributed by atoms with Gasteiger partial charge in [0.05, 0.1) is 10.6 Å². The van der Waals surface area contributed by atoms with E-state index in [1.165, 1.54) is 18.2 Å². The van der Waals surface area contributed by atoms with Crippen molar-refractivity contribution < 1.29 is 22.7 Å². The fourth-order valence-electron chi connectivity index (χ4n) is 3.87. The Balaban J connectivity index is 1.75. The second-order valence-electron chi connectivity index (χ2n) is 9.77. The summed E-state index contributed by atoms with van der Waals surface area (Å²) >= 11 is 12.2. The first-order chi connectivity index (χ1) is 18.3. The van der Waals surface area contributed by atoms with Crippen molar-refractivity contribution >= 4 is 67.2 Å². The largest absolute Gasteiger partial charge is 0.459 e. The molecule has 0 heterocycles. The number of ether oxygens (including phenoxy) is 1. The van der Waals surface area contributed by atoms with E-state index in [9.17, 15) is 18.0 Å². The lowest BCUT2D eigenvalue weighted by atomic mass is 10.1.